The minimum atomic E-state index is -0.117. The van der Waals surface area contributed by atoms with Gasteiger partial charge in [-0.2, -0.15) is 0 Å². The number of hydrogen-bond donors (Lipinski definition) is 2. The van der Waals surface area contributed by atoms with E-state index in [-0.39, 0.29) is 5.60 Å². The van der Waals surface area contributed by atoms with Gasteiger partial charge in [-0.25, -0.2) is 0 Å². The van der Waals surface area contributed by atoms with Crippen LogP contribution in [0.25, 0.3) is 0 Å². The van der Waals surface area contributed by atoms with Crippen molar-refractivity contribution < 1.29 is 4.74 Å². The molecular weight excluding hydrogens is 224 g/mol. The molecule has 100 valence electrons. The summed E-state index contributed by atoms with van der Waals surface area (Å²) in [5.74, 6) is 0.965. The highest BCUT2D eigenvalue weighted by Crippen LogP contribution is 2.33. The third kappa shape index (κ3) is 3.39. The summed E-state index contributed by atoms with van der Waals surface area (Å²) in [7, 11) is 0. The van der Waals surface area contributed by atoms with E-state index in [0.717, 1.165) is 30.9 Å². The van der Waals surface area contributed by atoms with Crippen LogP contribution in [0.3, 0.4) is 0 Å². The third-order valence-corrected chi connectivity index (χ3v) is 3.10. The zero-order valence-corrected chi connectivity index (χ0v) is 11.8. The second kappa shape index (κ2) is 5.19. The maximum Gasteiger partial charge on any atom is 0.143 e. The molecule has 0 spiro atoms. The van der Waals surface area contributed by atoms with Gasteiger partial charge in [0, 0.05) is 6.04 Å². The van der Waals surface area contributed by atoms with E-state index < -0.39 is 0 Å². The molecule has 3 heteroatoms. The van der Waals surface area contributed by atoms with Crippen molar-refractivity contribution in [1.82, 2.24) is 5.32 Å². The van der Waals surface area contributed by atoms with E-state index >= 15 is 0 Å². The molecule has 0 saturated carbocycles. The van der Waals surface area contributed by atoms with E-state index in [1.807, 2.05) is 0 Å². The zero-order valence-electron chi connectivity index (χ0n) is 11.8. The highest BCUT2D eigenvalue weighted by atomic mass is 16.5. The Morgan fingerprint density at radius 1 is 1.39 bits per heavy atom. The highest BCUT2D eigenvalue weighted by Gasteiger charge is 2.25. The van der Waals surface area contributed by atoms with Crippen molar-refractivity contribution >= 4 is 5.69 Å². The van der Waals surface area contributed by atoms with Crippen LogP contribution in [0.15, 0.2) is 18.2 Å². The molecule has 1 aromatic carbocycles. The quantitative estimate of drug-likeness (QED) is 0.859. The van der Waals surface area contributed by atoms with Crippen LogP contribution in [0.2, 0.25) is 0 Å². The molecule has 1 heterocycles. The molecule has 0 atom stereocenters. The number of nitrogens with one attached hydrogen (secondary N) is 2. The summed E-state index contributed by atoms with van der Waals surface area (Å²) in [6, 6.07) is 6.98. The van der Waals surface area contributed by atoms with E-state index in [2.05, 4.69) is 56.5 Å². The fourth-order valence-corrected chi connectivity index (χ4v) is 2.11. The molecule has 2 rings (SSSR count). The average molecular weight is 248 g/mol. The predicted molar refractivity (Wildman–Crippen MR) is 76.5 cm³/mol. The second-order valence-electron chi connectivity index (χ2n) is 5.90. The Bertz CT molecular complexity index is 413. The highest BCUT2D eigenvalue weighted by molar-refractivity contribution is 5.60. The fraction of sp³-hybridized carbons (Fsp3) is 0.600. The van der Waals surface area contributed by atoms with E-state index in [1.54, 1.807) is 0 Å². The molecule has 0 aliphatic carbocycles. The van der Waals surface area contributed by atoms with Gasteiger partial charge in [0.2, 0.25) is 0 Å². The van der Waals surface area contributed by atoms with Gasteiger partial charge in [-0.3, -0.25) is 0 Å². The largest absolute Gasteiger partial charge is 0.484 e. The molecule has 0 amide bonds. The lowest BCUT2D eigenvalue weighted by atomic mass is 10.0. The Morgan fingerprint density at radius 3 is 2.89 bits per heavy atom. The van der Waals surface area contributed by atoms with E-state index in [1.165, 1.54) is 5.56 Å². The van der Waals surface area contributed by atoms with Gasteiger partial charge in [0.15, 0.2) is 0 Å². The Balaban J connectivity index is 2.00. The summed E-state index contributed by atoms with van der Waals surface area (Å²) in [6.45, 7) is 10.4. The summed E-state index contributed by atoms with van der Waals surface area (Å²) in [5.41, 5.74) is 2.35. The Hall–Kier alpha value is -1.22. The van der Waals surface area contributed by atoms with Crippen molar-refractivity contribution in [2.45, 2.75) is 45.8 Å². The molecule has 1 aliphatic rings. The average Bonchev–Trinajstić information content (AvgIpc) is 2.28. The van der Waals surface area contributed by atoms with Crippen molar-refractivity contribution in [3.63, 3.8) is 0 Å². The van der Waals surface area contributed by atoms with Crippen LogP contribution in [0.1, 0.15) is 33.3 Å². The first kappa shape index (κ1) is 13.2. The molecule has 0 fully saturated rings. The van der Waals surface area contributed by atoms with Gasteiger partial charge in [0.1, 0.15) is 11.4 Å². The summed E-state index contributed by atoms with van der Waals surface area (Å²) in [5, 5.41) is 6.88. The lowest BCUT2D eigenvalue weighted by molar-refractivity contribution is 0.116. The number of fused-ring (bicyclic) bond motifs is 1. The summed E-state index contributed by atoms with van der Waals surface area (Å²) >= 11 is 0. The monoisotopic (exact) mass is 248 g/mol. The van der Waals surface area contributed by atoms with Crippen LogP contribution in [0, 0.1) is 0 Å². The number of ether oxygens (including phenoxy) is 1. The standard InChI is InChI=1S/C15H24N2O/c1-11(2)16-8-7-12-5-6-14-13(9-12)17-10-15(3,4)18-14/h5-6,9,11,16-17H,7-8,10H2,1-4H3. The number of hydrogen-bond acceptors (Lipinski definition) is 3. The zero-order chi connectivity index (χ0) is 13.2. The van der Waals surface area contributed by atoms with Gasteiger partial charge in [0.25, 0.3) is 0 Å². The normalized spacial score (nSPS) is 16.9. The van der Waals surface area contributed by atoms with E-state index in [9.17, 15) is 0 Å². The van der Waals surface area contributed by atoms with Gasteiger partial charge in [-0.1, -0.05) is 19.9 Å². The van der Waals surface area contributed by atoms with Crippen molar-refractivity contribution in [2.75, 3.05) is 18.4 Å². The van der Waals surface area contributed by atoms with E-state index in [0.29, 0.717) is 6.04 Å². The number of anilines is 1. The minimum Gasteiger partial charge on any atom is -0.484 e. The topological polar surface area (TPSA) is 33.3 Å². The molecule has 1 aromatic rings. The van der Waals surface area contributed by atoms with Gasteiger partial charge >= 0.3 is 0 Å². The summed E-state index contributed by atoms with van der Waals surface area (Å²) < 4.78 is 5.94. The minimum absolute atomic E-state index is 0.117. The Morgan fingerprint density at radius 2 is 2.17 bits per heavy atom. The Labute approximate surface area is 110 Å². The molecule has 3 nitrogen and oxygen atoms in total. The first-order chi connectivity index (χ1) is 8.46. The van der Waals surface area contributed by atoms with Crippen LogP contribution in [-0.2, 0) is 6.42 Å². The fourth-order valence-electron chi connectivity index (χ4n) is 2.11. The molecule has 0 saturated heterocycles. The molecule has 1 aliphatic heterocycles. The second-order valence-corrected chi connectivity index (χ2v) is 5.90. The van der Waals surface area contributed by atoms with Crippen LogP contribution in [-0.4, -0.2) is 24.7 Å². The maximum absolute atomic E-state index is 5.94. The van der Waals surface area contributed by atoms with E-state index in [4.69, 9.17) is 4.74 Å². The van der Waals surface area contributed by atoms with Crippen LogP contribution >= 0.6 is 0 Å². The number of rotatable bonds is 4. The van der Waals surface area contributed by atoms with Gasteiger partial charge in [0.05, 0.1) is 12.2 Å². The number of benzene rings is 1. The Kier molecular flexibility index (Phi) is 3.81. The summed E-state index contributed by atoms with van der Waals surface area (Å²) in [6.07, 6.45) is 1.05. The maximum atomic E-state index is 5.94. The first-order valence-electron chi connectivity index (χ1n) is 6.75. The molecular formula is C15H24N2O. The van der Waals surface area contributed by atoms with Gasteiger partial charge in [-0.05, 0) is 44.5 Å². The predicted octanol–water partition coefficient (Wildman–Crippen LogP) is 2.81. The molecule has 0 aromatic heterocycles. The van der Waals surface area contributed by atoms with Crippen molar-refractivity contribution in [1.29, 1.82) is 0 Å². The van der Waals surface area contributed by atoms with Crippen molar-refractivity contribution in [3.8, 4) is 5.75 Å². The van der Waals surface area contributed by atoms with Gasteiger partial charge in [-0.15, -0.1) is 0 Å². The smallest absolute Gasteiger partial charge is 0.143 e. The third-order valence-electron chi connectivity index (χ3n) is 3.10. The molecule has 0 unspecified atom stereocenters. The van der Waals surface area contributed by atoms with Crippen molar-refractivity contribution in [3.05, 3.63) is 23.8 Å². The van der Waals surface area contributed by atoms with Crippen LogP contribution < -0.4 is 15.4 Å². The SMILES string of the molecule is CC(C)NCCc1ccc2c(c1)NCC(C)(C)O2. The van der Waals surface area contributed by atoms with Gasteiger partial charge < -0.3 is 15.4 Å². The molecule has 0 radical (unpaired) electrons. The first-order valence-corrected chi connectivity index (χ1v) is 6.75. The summed E-state index contributed by atoms with van der Waals surface area (Å²) in [4.78, 5) is 0. The molecule has 0 bridgehead atoms. The van der Waals surface area contributed by atoms with Crippen LogP contribution in [0.5, 0.6) is 5.75 Å². The molecule has 18 heavy (non-hydrogen) atoms. The molecule has 2 N–H and O–H groups in total. The lowest BCUT2D eigenvalue weighted by Crippen LogP contribution is -2.40. The van der Waals surface area contributed by atoms with Crippen molar-refractivity contribution in [2.24, 2.45) is 0 Å². The van der Waals surface area contributed by atoms with Crippen LogP contribution in [0.4, 0.5) is 5.69 Å². The lowest BCUT2D eigenvalue weighted by Gasteiger charge is -2.33.